The summed E-state index contributed by atoms with van der Waals surface area (Å²) < 4.78 is 7.46. The van der Waals surface area contributed by atoms with Crippen LogP contribution in [0.1, 0.15) is 17.0 Å². The quantitative estimate of drug-likeness (QED) is 0.719. The number of nitrogens with one attached hydrogen (secondary N) is 1. The van der Waals surface area contributed by atoms with E-state index in [1.165, 1.54) is 0 Å². The van der Waals surface area contributed by atoms with E-state index in [0.717, 1.165) is 29.9 Å². The van der Waals surface area contributed by atoms with Crippen molar-refractivity contribution < 1.29 is 4.74 Å². The third kappa shape index (κ3) is 4.00. The lowest BCUT2D eigenvalue weighted by molar-refractivity contribution is 0.104. The number of aromatic amines is 1. The first-order valence-corrected chi connectivity index (χ1v) is 6.88. The number of hydrogen-bond donors (Lipinski definition) is 1. The smallest absolute Gasteiger partial charge is 0.108 e. The minimum absolute atomic E-state index is 0.471. The van der Waals surface area contributed by atoms with Gasteiger partial charge in [-0.15, -0.1) is 5.10 Å². The molecule has 6 nitrogen and oxygen atoms in total. The van der Waals surface area contributed by atoms with Gasteiger partial charge in [0.05, 0.1) is 25.7 Å². The van der Waals surface area contributed by atoms with E-state index >= 15 is 0 Å². The molecule has 0 unspecified atom stereocenters. The SMILES string of the molecule is c1ccc(COCc2cn(CCc3cnc[nH]3)nn2)cc1. The van der Waals surface area contributed by atoms with Crippen LogP contribution in [0.5, 0.6) is 0 Å². The van der Waals surface area contributed by atoms with Crippen molar-refractivity contribution in [2.45, 2.75) is 26.2 Å². The third-order valence-electron chi connectivity index (χ3n) is 3.11. The summed E-state index contributed by atoms with van der Waals surface area (Å²) in [6, 6.07) is 10.1. The molecule has 0 atom stereocenters. The van der Waals surface area contributed by atoms with E-state index in [0.29, 0.717) is 13.2 Å². The van der Waals surface area contributed by atoms with Gasteiger partial charge in [0.15, 0.2) is 0 Å². The Bertz CT molecular complexity index is 648. The van der Waals surface area contributed by atoms with Crippen molar-refractivity contribution >= 4 is 0 Å². The summed E-state index contributed by atoms with van der Waals surface area (Å²) in [5.41, 5.74) is 3.09. The molecule has 1 N–H and O–H groups in total. The Hall–Kier alpha value is -2.47. The van der Waals surface area contributed by atoms with Gasteiger partial charge in [0.25, 0.3) is 0 Å². The van der Waals surface area contributed by atoms with Gasteiger partial charge in [-0.25, -0.2) is 4.98 Å². The standard InChI is InChI=1S/C15H17N5O/c1-2-4-13(5-3-1)10-21-11-15-9-20(19-18-15)7-6-14-8-16-12-17-14/h1-5,8-9,12H,6-7,10-11H2,(H,16,17). The Balaban J connectivity index is 1.44. The summed E-state index contributed by atoms with van der Waals surface area (Å²) in [5.74, 6) is 0. The summed E-state index contributed by atoms with van der Waals surface area (Å²) in [6.45, 7) is 1.83. The molecule has 2 aromatic heterocycles. The number of aryl methyl sites for hydroxylation is 2. The largest absolute Gasteiger partial charge is 0.370 e. The van der Waals surface area contributed by atoms with Gasteiger partial charge in [0, 0.05) is 24.9 Å². The summed E-state index contributed by atoms with van der Waals surface area (Å²) >= 11 is 0. The Kier molecular flexibility index (Phi) is 4.38. The van der Waals surface area contributed by atoms with Crippen molar-refractivity contribution in [2.24, 2.45) is 0 Å². The summed E-state index contributed by atoms with van der Waals surface area (Å²) in [5, 5.41) is 8.20. The zero-order valence-corrected chi connectivity index (χ0v) is 11.6. The third-order valence-corrected chi connectivity index (χ3v) is 3.11. The summed E-state index contributed by atoms with van der Waals surface area (Å²) in [6.07, 6.45) is 6.27. The fraction of sp³-hybridized carbons (Fsp3) is 0.267. The minimum Gasteiger partial charge on any atom is -0.370 e. The first kappa shape index (κ1) is 13.5. The number of rotatable bonds is 7. The van der Waals surface area contributed by atoms with Crippen LogP contribution in [0.25, 0.3) is 0 Å². The van der Waals surface area contributed by atoms with E-state index < -0.39 is 0 Å². The molecular weight excluding hydrogens is 266 g/mol. The molecule has 0 amide bonds. The molecule has 0 bridgehead atoms. The Morgan fingerprint density at radius 2 is 2.05 bits per heavy atom. The van der Waals surface area contributed by atoms with Gasteiger partial charge >= 0.3 is 0 Å². The first-order valence-electron chi connectivity index (χ1n) is 6.88. The molecule has 21 heavy (non-hydrogen) atoms. The molecule has 0 aliphatic carbocycles. The molecule has 0 fully saturated rings. The van der Waals surface area contributed by atoms with E-state index in [1.54, 1.807) is 6.33 Å². The highest BCUT2D eigenvalue weighted by molar-refractivity contribution is 5.13. The van der Waals surface area contributed by atoms with Crippen molar-refractivity contribution in [3.63, 3.8) is 0 Å². The Labute approximate surface area is 122 Å². The van der Waals surface area contributed by atoms with Crippen LogP contribution in [0, 0.1) is 0 Å². The second-order valence-electron chi connectivity index (χ2n) is 4.78. The Morgan fingerprint density at radius 1 is 1.14 bits per heavy atom. The van der Waals surface area contributed by atoms with E-state index in [9.17, 15) is 0 Å². The van der Waals surface area contributed by atoms with E-state index in [4.69, 9.17) is 4.74 Å². The Morgan fingerprint density at radius 3 is 2.86 bits per heavy atom. The molecule has 0 spiro atoms. The highest BCUT2D eigenvalue weighted by atomic mass is 16.5. The lowest BCUT2D eigenvalue weighted by Crippen LogP contribution is -2.02. The number of nitrogens with zero attached hydrogens (tertiary/aromatic N) is 4. The van der Waals surface area contributed by atoms with Crippen molar-refractivity contribution in [3.05, 3.63) is 66.0 Å². The lowest BCUT2D eigenvalue weighted by atomic mass is 10.2. The van der Waals surface area contributed by atoms with Gasteiger partial charge < -0.3 is 9.72 Å². The molecule has 3 rings (SSSR count). The number of H-pyrrole nitrogens is 1. The van der Waals surface area contributed by atoms with Gasteiger partial charge in [-0.3, -0.25) is 4.68 Å². The summed E-state index contributed by atoms with van der Waals surface area (Å²) in [7, 11) is 0. The van der Waals surface area contributed by atoms with Crippen molar-refractivity contribution in [1.82, 2.24) is 25.0 Å². The highest BCUT2D eigenvalue weighted by Gasteiger charge is 2.02. The van der Waals surface area contributed by atoms with E-state index in [-0.39, 0.29) is 0 Å². The van der Waals surface area contributed by atoms with Crippen molar-refractivity contribution in [2.75, 3.05) is 0 Å². The van der Waals surface area contributed by atoms with E-state index in [2.05, 4.69) is 20.3 Å². The minimum atomic E-state index is 0.471. The molecular formula is C15H17N5O. The fourth-order valence-electron chi connectivity index (χ4n) is 2.02. The number of benzene rings is 1. The van der Waals surface area contributed by atoms with Crippen LogP contribution in [0.3, 0.4) is 0 Å². The summed E-state index contributed by atoms with van der Waals surface area (Å²) in [4.78, 5) is 7.06. The van der Waals surface area contributed by atoms with Crippen LogP contribution in [0.2, 0.25) is 0 Å². The molecule has 0 saturated heterocycles. The maximum atomic E-state index is 5.64. The second-order valence-corrected chi connectivity index (χ2v) is 4.78. The average molecular weight is 283 g/mol. The monoisotopic (exact) mass is 283 g/mol. The molecule has 0 aliphatic rings. The van der Waals surface area contributed by atoms with Crippen LogP contribution < -0.4 is 0 Å². The first-order chi connectivity index (χ1) is 10.4. The molecule has 108 valence electrons. The molecule has 3 aromatic rings. The maximum absolute atomic E-state index is 5.64. The zero-order chi connectivity index (χ0) is 14.3. The fourth-order valence-corrected chi connectivity index (χ4v) is 2.02. The van der Waals surface area contributed by atoms with Crippen LogP contribution in [-0.4, -0.2) is 25.0 Å². The van der Waals surface area contributed by atoms with Crippen LogP contribution in [0.4, 0.5) is 0 Å². The lowest BCUT2D eigenvalue weighted by Gasteiger charge is -2.01. The normalized spacial score (nSPS) is 10.9. The molecule has 6 heteroatoms. The predicted molar refractivity (Wildman–Crippen MR) is 77.2 cm³/mol. The molecule has 0 saturated carbocycles. The zero-order valence-electron chi connectivity index (χ0n) is 11.6. The van der Waals surface area contributed by atoms with Crippen LogP contribution in [-0.2, 0) is 30.9 Å². The molecule has 1 aromatic carbocycles. The highest BCUT2D eigenvalue weighted by Crippen LogP contribution is 2.04. The van der Waals surface area contributed by atoms with Gasteiger partial charge in [0.2, 0.25) is 0 Å². The van der Waals surface area contributed by atoms with E-state index in [1.807, 2.05) is 47.4 Å². The van der Waals surface area contributed by atoms with Crippen LogP contribution >= 0.6 is 0 Å². The second kappa shape index (κ2) is 6.81. The number of aromatic nitrogens is 5. The van der Waals surface area contributed by atoms with Crippen LogP contribution in [0.15, 0.2) is 49.1 Å². The van der Waals surface area contributed by atoms with Gasteiger partial charge in [0.1, 0.15) is 5.69 Å². The number of imidazole rings is 1. The average Bonchev–Trinajstić information content (AvgIpc) is 3.18. The molecule has 0 aliphatic heterocycles. The molecule has 2 heterocycles. The van der Waals surface area contributed by atoms with Gasteiger partial charge in [-0.1, -0.05) is 35.5 Å². The van der Waals surface area contributed by atoms with Gasteiger partial charge in [-0.05, 0) is 5.56 Å². The number of hydrogen-bond acceptors (Lipinski definition) is 4. The van der Waals surface area contributed by atoms with Gasteiger partial charge in [-0.2, -0.15) is 0 Å². The van der Waals surface area contributed by atoms with Crippen molar-refractivity contribution in [3.8, 4) is 0 Å². The maximum Gasteiger partial charge on any atom is 0.108 e. The predicted octanol–water partition coefficient (Wildman–Crippen LogP) is 1.96. The number of ether oxygens (including phenoxy) is 1. The van der Waals surface area contributed by atoms with Crippen molar-refractivity contribution in [1.29, 1.82) is 0 Å². The topological polar surface area (TPSA) is 68.6 Å². The molecule has 0 radical (unpaired) electrons.